The van der Waals surface area contributed by atoms with E-state index >= 15 is 0 Å². The summed E-state index contributed by atoms with van der Waals surface area (Å²) in [5.41, 5.74) is 0.624. The predicted molar refractivity (Wildman–Crippen MR) is 75.9 cm³/mol. The maximum absolute atomic E-state index is 12.5. The van der Waals surface area contributed by atoms with Crippen molar-refractivity contribution in [1.29, 1.82) is 0 Å². The van der Waals surface area contributed by atoms with E-state index in [1.807, 2.05) is 6.92 Å². The minimum absolute atomic E-state index is 0.0142. The molecule has 6 heteroatoms. The second-order valence-corrected chi connectivity index (χ2v) is 6.95. The Balaban J connectivity index is 3.27. The Labute approximate surface area is 119 Å². The zero-order chi connectivity index (χ0) is 15.3. The SMILES string of the molecule is CCc1ccc(C(=O)O)cc1S(=O)(=O)C(C)CCOC. The van der Waals surface area contributed by atoms with Crippen LogP contribution in [0.25, 0.3) is 0 Å². The van der Waals surface area contributed by atoms with E-state index in [-0.39, 0.29) is 10.5 Å². The normalized spacial score (nSPS) is 13.2. The van der Waals surface area contributed by atoms with Gasteiger partial charge in [0.2, 0.25) is 0 Å². The van der Waals surface area contributed by atoms with Crippen LogP contribution in [0.4, 0.5) is 0 Å². The maximum atomic E-state index is 12.5. The number of sulfone groups is 1. The molecule has 0 bridgehead atoms. The molecule has 0 aromatic heterocycles. The van der Waals surface area contributed by atoms with Crippen LogP contribution >= 0.6 is 0 Å². The minimum Gasteiger partial charge on any atom is -0.478 e. The highest BCUT2D eigenvalue weighted by atomic mass is 32.2. The lowest BCUT2D eigenvalue weighted by Gasteiger charge is -2.16. The topological polar surface area (TPSA) is 80.7 Å². The quantitative estimate of drug-likeness (QED) is 0.834. The Morgan fingerprint density at radius 3 is 2.55 bits per heavy atom. The number of methoxy groups -OCH3 is 1. The minimum atomic E-state index is -3.55. The molecule has 1 aromatic carbocycles. The number of carboxylic acids is 1. The molecular formula is C14H20O5S. The van der Waals surface area contributed by atoms with E-state index in [1.54, 1.807) is 13.0 Å². The van der Waals surface area contributed by atoms with Gasteiger partial charge in [-0.15, -0.1) is 0 Å². The van der Waals surface area contributed by atoms with E-state index in [0.29, 0.717) is 25.0 Å². The second kappa shape index (κ2) is 6.85. The van der Waals surface area contributed by atoms with Crippen LogP contribution < -0.4 is 0 Å². The van der Waals surface area contributed by atoms with E-state index < -0.39 is 21.1 Å². The summed E-state index contributed by atoms with van der Waals surface area (Å²) in [6.07, 6.45) is 0.907. The third kappa shape index (κ3) is 3.58. The smallest absolute Gasteiger partial charge is 0.335 e. The number of hydrogen-bond acceptors (Lipinski definition) is 4. The summed E-state index contributed by atoms with van der Waals surface area (Å²) < 4.78 is 30.0. The summed E-state index contributed by atoms with van der Waals surface area (Å²) in [6, 6.07) is 4.25. The van der Waals surface area contributed by atoms with E-state index in [4.69, 9.17) is 9.84 Å². The number of ether oxygens (including phenoxy) is 1. The molecule has 0 radical (unpaired) electrons. The fraction of sp³-hybridized carbons (Fsp3) is 0.500. The Morgan fingerprint density at radius 2 is 2.05 bits per heavy atom. The molecule has 1 N–H and O–H groups in total. The van der Waals surface area contributed by atoms with Gasteiger partial charge in [0.1, 0.15) is 0 Å². The summed E-state index contributed by atoms with van der Waals surface area (Å²) in [7, 11) is -2.04. The number of hydrogen-bond donors (Lipinski definition) is 1. The molecule has 0 spiro atoms. The van der Waals surface area contributed by atoms with Gasteiger partial charge >= 0.3 is 5.97 Å². The summed E-state index contributed by atoms with van der Waals surface area (Å²) >= 11 is 0. The monoisotopic (exact) mass is 300 g/mol. The van der Waals surface area contributed by atoms with Gasteiger partial charge in [-0.2, -0.15) is 0 Å². The number of carboxylic acid groups (broad SMARTS) is 1. The molecule has 0 fully saturated rings. The highest BCUT2D eigenvalue weighted by molar-refractivity contribution is 7.92. The van der Waals surface area contributed by atoms with E-state index in [2.05, 4.69) is 0 Å². The first-order valence-electron chi connectivity index (χ1n) is 6.43. The van der Waals surface area contributed by atoms with Gasteiger partial charge in [0.05, 0.1) is 15.7 Å². The predicted octanol–water partition coefficient (Wildman–Crippen LogP) is 2.15. The lowest BCUT2D eigenvalue weighted by Crippen LogP contribution is -2.21. The molecule has 1 atom stereocenters. The van der Waals surface area contributed by atoms with Gasteiger partial charge in [-0.1, -0.05) is 13.0 Å². The summed E-state index contributed by atoms with van der Waals surface area (Å²) in [5, 5.41) is 8.39. The van der Waals surface area contributed by atoms with Crippen LogP contribution in [-0.4, -0.2) is 38.5 Å². The third-order valence-corrected chi connectivity index (χ3v) is 5.55. The molecular weight excluding hydrogens is 280 g/mol. The zero-order valence-electron chi connectivity index (χ0n) is 11.9. The van der Waals surface area contributed by atoms with Crippen molar-refractivity contribution in [3.63, 3.8) is 0 Å². The second-order valence-electron chi connectivity index (χ2n) is 4.62. The fourth-order valence-electron chi connectivity index (χ4n) is 1.90. The molecule has 0 aliphatic rings. The molecule has 112 valence electrons. The number of carbonyl (C=O) groups is 1. The van der Waals surface area contributed by atoms with Crippen LogP contribution in [0.15, 0.2) is 23.1 Å². The first kappa shape index (κ1) is 16.7. The highest BCUT2D eigenvalue weighted by Crippen LogP contribution is 2.24. The van der Waals surface area contributed by atoms with Crippen molar-refractivity contribution < 1.29 is 23.1 Å². The van der Waals surface area contributed by atoms with Crippen LogP contribution in [0.3, 0.4) is 0 Å². The number of benzene rings is 1. The first-order chi connectivity index (χ1) is 9.34. The largest absolute Gasteiger partial charge is 0.478 e. The van der Waals surface area contributed by atoms with Gasteiger partial charge in [-0.25, -0.2) is 13.2 Å². The zero-order valence-corrected chi connectivity index (χ0v) is 12.7. The molecule has 0 aliphatic heterocycles. The average molecular weight is 300 g/mol. The van der Waals surface area contributed by atoms with E-state index in [1.165, 1.54) is 19.2 Å². The van der Waals surface area contributed by atoms with Crippen molar-refractivity contribution in [2.45, 2.75) is 36.8 Å². The van der Waals surface area contributed by atoms with Crippen LogP contribution in [0, 0.1) is 0 Å². The number of aryl methyl sites for hydroxylation is 1. The molecule has 0 saturated carbocycles. The number of rotatable bonds is 7. The third-order valence-electron chi connectivity index (χ3n) is 3.26. The summed E-state index contributed by atoms with van der Waals surface area (Å²) in [4.78, 5) is 11.1. The first-order valence-corrected chi connectivity index (χ1v) is 7.98. The number of aromatic carboxylic acids is 1. The highest BCUT2D eigenvalue weighted by Gasteiger charge is 2.26. The fourth-order valence-corrected chi connectivity index (χ4v) is 3.61. The van der Waals surface area contributed by atoms with Gasteiger partial charge in [0.25, 0.3) is 0 Å². The van der Waals surface area contributed by atoms with Crippen LogP contribution in [-0.2, 0) is 21.0 Å². The van der Waals surface area contributed by atoms with Crippen LogP contribution in [0.5, 0.6) is 0 Å². The Kier molecular flexibility index (Phi) is 5.71. The molecule has 1 rings (SSSR count). The Morgan fingerprint density at radius 1 is 1.40 bits per heavy atom. The Bertz CT molecular complexity index is 577. The van der Waals surface area contributed by atoms with Crippen molar-refractivity contribution in [2.24, 2.45) is 0 Å². The van der Waals surface area contributed by atoms with Crippen LogP contribution in [0.2, 0.25) is 0 Å². The molecule has 20 heavy (non-hydrogen) atoms. The van der Waals surface area contributed by atoms with Gasteiger partial charge in [-0.05, 0) is 37.5 Å². The molecule has 1 aromatic rings. The Hall–Kier alpha value is -1.40. The summed E-state index contributed by atoms with van der Waals surface area (Å²) in [5.74, 6) is -1.13. The summed E-state index contributed by atoms with van der Waals surface area (Å²) in [6.45, 7) is 3.80. The molecule has 0 saturated heterocycles. The van der Waals surface area contributed by atoms with E-state index in [0.717, 1.165) is 0 Å². The van der Waals surface area contributed by atoms with Crippen molar-refractivity contribution in [2.75, 3.05) is 13.7 Å². The van der Waals surface area contributed by atoms with Crippen molar-refractivity contribution in [3.8, 4) is 0 Å². The average Bonchev–Trinajstić information content (AvgIpc) is 2.43. The molecule has 1 unspecified atom stereocenters. The lowest BCUT2D eigenvalue weighted by atomic mass is 10.1. The standard InChI is InChI=1S/C14H20O5S/c1-4-11-5-6-12(14(15)16)9-13(11)20(17,18)10(2)7-8-19-3/h5-6,9-10H,4,7-8H2,1-3H3,(H,15,16). The van der Waals surface area contributed by atoms with Gasteiger partial charge < -0.3 is 9.84 Å². The van der Waals surface area contributed by atoms with Crippen LogP contribution in [0.1, 0.15) is 36.2 Å². The van der Waals surface area contributed by atoms with Crippen molar-refractivity contribution in [3.05, 3.63) is 29.3 Å². The van der Waals surface area contributed by atoms with Crippen molar-refractivity contribution >= 4 is 15.8 Å². The van der Waals surface area contributed by atoms with Crippen molar-refractivity contribution in [1.82, 2.24) is 0 Å². The lowest BCUT2D eigenvalue weighted by molar-refractivity contribution is 0.0696. The molecule has 0 aliphatic carbocycles. The van der Waals surface area contributed by atoms with Gasteiger partial charge in [0.15, 0.2) is 9.84 Å². The van der Waals surface area contributed by atoms with Gasteiger partial charge in [-0.3, -0.25) is 0 Å². The molecule has 5 nitrogen and oxygen atoms in total. The molecule has 0 heterocycles. The maximum Gasteiger partial charge on any atom is 0.335 e. The molecule has 0 amide bonds. The van der Waals surface area contributed by atoms with Gasteiger partial charge in [0, 0.05) is 13.7 Å². The van der Waals surface area contributed by atoms with E-state index in [9.17, 15) is 13.2 Å².